The zero-order chi connectivity index (χ0) is 19.4. The van der Waals surface area contributed by atoms with Crippen LogP contribution in [-0.2, 0) is 11.3 Å². The van der Waals surface area contributed by atoms with Crippen LogP contribution in [0, 0.1) is 13.8 Å². The number of carboxylic acid groups (broad SMARTS) is 1. The van der Waals surface area contributed by atoms with E-state index in [1.807, 2.05) is 12.1 Å². The van der Waals surface area contributed by atoms with E-state index in [-0.39, 0.29) is 0 Å². The SMILES string of the molecule is Cc1n[nH]c(C)c1C(NC(=O)c1ccc(CN2CCCCC2)cc1)C(=O)O. The van der Waals surface area contributed by atoms with Gasteiger partial charge in [-0.15, -0.1) is 0 Å². The van der Waals surface area contributed by atoms with E-state index >= 15 is 0 Å². The van der Waals surface area contributed by atoms with Crippen LogP contribution in [0.15, 0.2) is 24.3 Å². The molecule has 3 rings (SSSR count). The monoisotopic (exact) mass is 370 g/mol. The van der Waals surface area contributed by atoms with Crippen molar-refractivity contribution in [2.24, 2.45) is 0 Å². The number of benzene rings is 1. The number of amides is 1. The van der Waals surface area contributed by atoms with Crippen LogP contribution in [0.4, 0.5) is 0 Å². The number of aromatic nitrogens is 2. The largest absolute Gasteiger partial charge is 0.479 e. The maximum absolute atomic E-state index is 12.6. The summed E-state index contributed by atoms with van der Waals surface area (Å²) in [5, 5.41) is 18.9. The average molecular weight is 370 g/mol. The van der Waals surface area contributed by atoms with Gasteiger partial charge in [-0.05, 0) is 57.5 Å². The molecule has 1 fully saturated rings. The first kappa shape index (κ1) is 19.1. The molecular formula is C20H26N4O3. The lowest BCUT2D eigenvalue weighted by Gasteiger charge is -2.26. The van der Waals surface area contributed by atoms with Gasteiger partial charge < -0.3 is 10.4 Å². The first-order valence-electron chi connectivity index (χ1n) is 9.32. The number of carboxylic acids is 1. The fourth-order valence-corrected chi connectivity index (χ4v) is 3.59. The molecule has 1 amide bonds. The van der Waals surface area contributed by atoms with Gasteiger partial charge in [0, 0.05) is 23.4 Å². The van der Waals surface area contributed by atoms with Crippen LogP contribution >= 0.6 is 0 Å². The number of H-pyrrole nitrogens is 1. The van der Waals surface area contributed by atoms with Gasteiger partial charge in [-0.25, -0.2) is 4.79 Å². The smallest absolute Gasteiger partial charge is 0.331 e. The summed E-state index contributed by atoms with van der Waals surface area (Å²) in [5.41, 5.74) is 3.30. The van der Waals surface area contributed by atoms with Gasteiger partial charge in [0.25, 0.3) is 5.91 Å². The van der Waals surface area contributed by atoms with Crippen molar-refractivity contribution >= 4 is 11.9 Å². The van der Waals surface area contributed by atoms with Crippen molar-refractivity contribution < 1.29 is 14.7 Å². The third kappa shape index (κ3) is 4.54. The van der Waals surface area contributed by atoms with Gasteiger partial charge >= 0.3 is 5.97 Å². The van der Waals surface area contributed by atoms with Gasteiger partial charge in [0.05, 0.1) is 5.69 Å². The number of likely N-dealkylation sites (tertiary alicyclic amines) is 1. The van der Waals surface area contributed by atoms with E-state index in [0.717, 1.165) is 25.2 Å². The number of piperidine rings is 1. The molecular weight excluding hydrogens is 344 g/mol. The zero-order valence-corrected chi connectivity index (χ0v) is 15.8. The van der Waals surface area contributed by atoms with Gasteiger partial charge in [0.1, 0.15) is 0 Å². The van der Waals surface area contributed by atoms with Gasteiger partial charge in [0.15, 0.2) is 6.04 Å². The average Bonchev–Trinajstić information content (AvgIpc) is 2.99. The number of aryl methyl sites for hydroxylation is 2. The van der Waals surface area contributed by atoms with Crippen molar-refractivity contribution in [3.8, 4) is 0 Å². The van der Waals surface area contributed by atoms with Crippen LogP contribution in [0.25, 0.3) is 0 Å². The number of aliphatic carboxylic acids is 1. The minimum Gasteiger partial charge on any atom is -0.479 e. The molecule has 7 nitrogen and oxygen atoms in total. The summed E-state index contributed by atoms with van der Waals surface area (Å²) in [7, 11) is 0. The molecule has 0 radical (unpaired) electrons. The Hall–Kier alpha value is -2.67. The number of rotatable bonds is 6. The van der Waals surface area contributed by atoms with Crippen LogP contribution in [0.5, 0.6) is 0 Å². The van der Waals surface area contributed by atoms with Gasteiger partial charge in [0.2, 0.25) is 0 Å². The molecule has 0 aliphatic carbocycles. The molecule has 0 bridgehead atoms. The Labute approximate surface area is 158 Å². The lowest BCUT2D eigenvalue weighted by atomic mass is 10.0. The van der Waals surface area contributed by atoms with Crippen LogP contribution in [-0.4, -0.2) is 45.2 Å². The maximum atomic E-state index is 12.6. The van der Waals surface area contributed by atoms with Crippen molar-refractivity contribution in [1.29, 1.82) is 0 Å². The molecule has 1 aromatic carbocycles. The number of carbonyl (C=O) groups excluding carboxylic acids is 1. The van der Waals surface area contributed by atoms with Crippen molar-refractivity contribution in [1.82, 2.24) is 20.4 Å². The van der Waals surface area contributed by atoms with Crippen molar-refractivity contribution in [3.05, 3.63) is 52.3 Å². The molecule has 1 saturated heterocycles. The Balaban J connectivity index is 1.68. The third-order valence-electron chi connectivity index (χ3n) is 5.07. The van der Waals surface area contributed by atoms with E-state index in [1.165, 1.54) is 19.3 Å². The van der Waals surface area contributed by atoms with E-state index in [2.05, 4.69) is 20.4 Å². The molecule has 7 heteroatoms. The zero-order valence-electron chi connectivity index (χ0n) is 15.8. The molecule has 27 heavy (non-hydrogen) atoms. The highest BCUT2D eigenvalue weighted by atomic mass is 16.4. The summed E-state index contributed by atoms with van der Waals surface area (Å²) in [6.45, 7) is 6.58. The van der Waals surface area contributed by atoms with Gasteiger partial charge in [-0.3, -0.25) is 14.8 Å². The molecule has 1 atom stereocenters. The first-order valence-corrected chi connectivity index (χ1v) is 9.32. The lowest BCUT2D eigenvalue weighted by Crippen LogP contribution is -2.34. The summed E-state index contributed by atoms with van der Waals surface area (Å²) >= 11 is 0. The standard InChI is InChI=1S/C20H26N4O3/c1-13-17(14(2)23-22-13)18(20(26)27)21-19(25)16-8-6-15(7-9-16)12-24-10-4-3-5-11-24/h6-9,18H,3-5,10-12H2,1-2H3,(H,21,25)(H,22,23)(H,26,27). The number of aromatic amines is 1. The molecule has 3 N–H and O–H groups in total. The van der Waals surface area contributed by atoms with E-state index in [9.17, 15) is 14.7 Å². The van der Waals surface area contributed by atoms with Crippen LogP contribution in [0.1, 0.15) is 58.2 Å². The second kappa shape index (κ2) is 8.35. The highest BCUT2D eigenvalue weighted by molar-refractivity contribution is 5.97. The molecule has 1 aliphatic rings. The molecule has 2 heterocycles. The van der Waals surface area contributed by atoms with Crippen molar-refractivity contribution in [3.63, 3.8) is 0 Å². The quantitative estimate of drug-likeness (QED) is 0.726. The summed E-state index contributed by atoms with van der Waals surface area (Å²) < 4.78 is 0. The fourth-order valence-electron chi connectivity index (χ4n) is 3.59. The fraction of sp³-hybridized carbons (Fsp3) is 0.450. The summed E-state index contributed by atoms with van der Waals surface area (Å²) in [6.07, 6.45) is 3.78. The Morgan fingerprint density at radius 1 is 1.19 bits per heavy atom. The third-order valence-corrected chi connectivity index (χ3v) is 5.07. The lowest BCUT2D eigenvalue weighted by molar-refractivity contribution is -0.139. The summed E-state index contributed by atoms with van der Waals surface area (Å²) in [4.78, 5) is 26.7. The van der Waals surface area contributed by atoms with Crippen LogP contribution in [0.3, 0.4) is 0 Å². The van der Waals surface area contributed by atoms with Crippen molar-refractivity contribution in [2.45, 2.75) is 45.7 Å². The van der Waals surface area contributed by atoms with Crippen LogP contribution in [0.2, 0.25) is 0 Å². The minimum atomic E-state index is -1.13. The molecule has 1 aliphatic heterocycles. The second-order valence-corrected chi connectivity index (χ2v) is 7.13. The predicted octanol–water partition coefficient (Wildman–Crippen LogP) is 2.57. The normalized spacial score (nSPS) is 16.1. The van der Waals surface area contributed by atoms with Crippen LogP contribution < -0.4 is 5.32 Å². The highest BCUT2D eigenvalue weighted by Gasteiger charge is 2.27. The highest BCUT2D eigenvalue weighted by Crippen LogP contribution is 2.21. The van der Waals surface area contributed by atoms with E-state index in [4.69, 9.17) is 0 Å². The predicted molar refractivity (Wildman–Crippen MR) is 101 cm³/mol. The summed E-state index contributed by atoms with van der Waals surface area (Å²) in [5.74, 6) is -1.52. The molecule has 2 aromatic rings. The van der Waals surface area contributed by atoms with E-state index < -0.39 is 17.9 Å². The Bertz CT molecular complexity index is 788. The number of nitrogens with one attached hydrogen (secondary N) is 2. The molecule has 144 valence electrons. The first-order chi connectivity index (χ1) is 13.0. The maximum Gasteiger partial charge on any atom is 0.331 e. The second-order valence-electron chi connectivity index (χ2n) is 7.13. The number of carbonyl (C=O) groups is 2. The van der Waals surface area contributed by atoms with Gasteiger partial charge in [-0.1, -0.05) is 18.6 Å². The Kier molecular flexibility index (Phi) is 5.91. The van der Waals surface area contributed by atoms with E-state index in [1.54, 1.807) is 26.0 Å². The van der Waals surface area contributed by atoms with E-state index in [0.29, 0.717) is 22.5 Å². The molecule has 0 saturated carbocycles. The summed E-state index contributed by atoms with van der Waals surface area (Å²) in [6, 6.07) is 6.25. The number of hydrogen-bond acceptors (Lipinski definition) is 4. The topological polar surface area (TPSA) is 98.3 Å². The molecule has 1 aromatic heterocycles. The van der Waals surface area contributed by atoms with Crippen molar-refractivity contribution in [2.75, 3.05) is 13.1 Å². The molecule has 0 spiro atoms. The Morgan fingerprint density at radius 3 is 2.41 bits per heavy atom. The minimum absolute atomic E-state index is 0.410. The molecule has 1 unspecified atom stereocenters. The van der Waals surface area contributed by atoms with Gasteiger partial charge in [-0.2, -0.15) is 5.10 Å². The Morgan fingerprint density at radius 2 is 1.85 bits per heavy atom. The number of nitrogens with zero attached hydrogens (tertiary/aromatic N) is 2. The number of hydrogen-bond donors (Lipinski definition) is 3.